The molecule has 0 radical (unpaired) electrons. The van der Waals surface area contributed by atoms with Crippen molar-refractivity contribution in [2.24, 2.45) is 0 Å². The van der Waals surface area contributed by atoms with Crippen LogP contribution in [-0.2, 0) is 4.79 Å². The van der Waals surface area contributed by atoms with Gasteiger partial charge in [0, 0.05) is 30.8 Å². The van der Waals surface area contributed by atoms with E-state index >= 15 is 0 Å². The first-order valence-electron chi connectivity index (χ1n) is 8.55. The first kappa shape index (κ1) is 16.3. The Morgan fingerprint density at radius 1 is 1.15 bits per heavy atom. The standard InChI is InChI=1S/C18H18N4O4/c23-16-11-19-18(25)22(16)13-6-8-21(9-7-13)17(24)14-10-15(26-20-14)12-4-2-1-3-5-12/h1-5,10,13H,6-9,11H2,(H,19,25). The largest absolute Gasteiger partial charge is 0.355 e. The number of aromatic nitrogens is 1. The van der Waals surface area contributed by atoms with Gasteiger partial charge in [0.15, 0.2) is 11.5 Å². The van der Waals surface area contributed by atoms with E-state index < -0.39 is 0 Å². The van der Waals surface area contributed by atoms with E-state index in [0.29, 0.717) is 31.7 Å². The highest BCUT2D eigenvalue weighted by atomic mass is 16.5. The maximum absolute atomic E-state index is 12.6. The molecule has 8 heteroatoms. The molecule has 2 aliphatic heterocycles. The van der Waals surface area contributed by atoms with Gasteiger partial charge in [-0.1, -0.05) is 35.5 Å². The van der Waals surface area contributed by atoms with Crippen LogP contribution < -0.4 is 5.32 Å². The lowest BCUT2D eigenvalue weighted by molar-refractivity contribution is -0.127. The minimum absolute atomic E-state index is 0.0547. The van der Waals surface area contributed by atoms with Gasteiger partial charge in [0.1, 0.15) is 0 Å². The fourth-order valence-corrected chi connectivity index (χ4v) is 3.41. The van der Waals surface area contributed by atoms with Crippen molar-refractivity contribution < 1.29 is 18.9 Å². The minimum Gasteiger partial charge on any atom is -0.355 e. The van der Waals surface area contributed by atoms with E-state index in [0.717, 1.165) is 5.56 Å². The van der Waals surface area contributed by atoms with Gasteiger partial charge in [-0.15, -0.1) is 0 Å². The summed E-state index contributed by atoms with van der Waals surface area (Å²) in [4.78, 5) is 39.2. The number of amides is 4. The van der Waals surface area contributed by atoms with Crippen LogP contribution in [-0.4, -0.2) is 58.5 Å². The molecule has 0 bridgehead atoms. The van der Waals surface area contributed by atoms with Crippen LogP contribution in [0.15, 0.2) is 40.9 Å². The van der Waals surface area contributed by atoms with Gasteiger partial charge in [-0.3, -0.25) is 14.5 Å². The first-order valence-corrected chi connectivity index (χ1v) is 8.55. The van der Waals surface area contributed by atoms with Crippen LogP contribution in [0.25, 0.3) is 11.3 Å². The molecular formula is C18H18N4O4. The number of nitrogens with one attached hydrogen (secondary N) is 1. The molecule has 2 fully saturated rings. The summed E-state index contributed by atoms with van der Waals surface area (Å²) in [5.74, 6) is 0.138. The molecule has 0 unspecified atom stereocenters. The van der Waals surface area contributed by atoms with Crippen molar-refractivity contribution in [1.29, 1.82) is 0 Å². The fourth-order valence-electron chi connectivity index (χ4n) is 3.41. The summed E-state index contributed by atoms with van der Waals surface area (Å²) in [5, 5.41) is 6.42. The molecule has 2 saturated heterocycles. The number of hydrogen-bond acceptors (Lipinski definition) is 5. The second kappa shape index (κ2) is 6.62. The van der Waals surface area contributed by atoms with E-state index in [1.54, 1.807) is 11.0 Å². The van der Waals surface area contributed by atoms with Crippen molar-refractivity contribution in [3.05, 3.63) is 42.1 Å². The second-order valence-electron chi connectivity index (χ2n) is 6.39. The van der Waals surface area contributed by atoms with E-state index in [2.05, 4.69) is 10.5 Å². The molecule has 1 aromatic heterocycles. The quantitative estimate of drug-likeness (QED) is 0.843. The van der Waals surface area contributed by atoms with E-state index in [1.807, 2.05) is 30.3 Å². The number of rotatable bonds is 3. The molecule has 26 heavy (non-hydrogen) atoms. The Labute approximate surface area is 149 Å². The fraction of sp³-hybridized carbons (Fsp3) is 0.333. The van der Waals surface area contributed by atoms with Gasteiger partial charge in [-0.25, -0.2) is 4.79 Å². The summed E-state index contributed by atoms with van der Waals surface area (Å²) in [7, 11) is 0. The Bertz CT molecular complexity index is 824. The lowest BCUT2D eigenvalue weighted by Gasteiger charge is -2.34. The van der Waals surface area contributed by atoms with Gasteiger partial charge < -0.3 is 14.7 Å². The number of imide groups is 1. The molecule has 0 spiro atoms. The summed E-state index contributed by atoms with van der Waals surface area (Å²) in [6.45, 7) is 0.987. The summed E-state index contributed by atoms with van der Waals surface area (Å²) < 4.78 is 5.29. The van der Waals surface area contributed by atoms with Gasteiger partial charge in [0.05, 0.1) is 6.54 Å². The van der Waals surface area contributed by atoms with Crippen molar-refractivity contribution in [2.45, 2.75) is 18.9 Å². The zero-order valence-corrected chi connectivity index (χ0v) is 14.1. The predicted molar refractivity (Wildman–Crippen MR) is 91.1 cm³/mol. The maximum Gasteiger partial charge on any atom is 0.324 e. The predicted octanol–water partition coefficient (Wildman–Crippen LogP) is 1.50. The van der Waals surface area contributed by atoms with Crippen molar-refractivity contribution >= 4 is 17.8 Å². The second-order valence-corrected chi connectivity index (χ2v) is 6.39. The van der Waals surface area contributed by atoms with Crippen LogP contribution in [0.1, 0.15) is 23.3 Å². The average Bonchev–Trinajstić information content (AvgIpc) is 3.29. The molecule has 134 valence electrons. The number of benzene rings is 1. The van der Waals surface area contributed by atoms with E-state index in [4.69, 9.17) is 4.52 Å². The molecule has 2 aliphatic rings. The summed E-state index contributed by atoms with van der Waals surface area (Å²) in [6.07, 6.45) is 1.13. The zero-order valence-electron chi connectivity index (χ0n) is 14.1. The van der Waals surface area contributed by atoms with Crippen LogP contribution in [0.5, 0.6) is 0 Å². The van der Waals surface area contributed by atoms with Gasteiger partial charge in [-0.2, -0.15) is 0 Å². The molecule has 3 heterocycles. The molecule has 0 atom stereocenters. The molecule has 4 rings (SSSR count). The monoisotopic (exact) mass is 354 g/mol. The third-order valence-corrected chi connectivity index (χ3v) is 4.78. The molecule has 2 aromatic rings. The number of piperidine rings is 1. The van der Waals surface area contributed by atoms with Crippen LogP contribution in [0.3, 0.4) is 0 Å². The maximum atomic E-state index is 12.6. The number of carbonyl (C=O) groups is 3. The third kappa shape index (κ3) is 2.94. The Hall–Kier alpha value is -3.16. The number of carbonyl (C=O) groups excluding carboxylic acids is 3. The van der Waals surface area contributed by atoms with Crippen LogP contribution in [0.2, 0.25) is 0 Å². The molecule has 1 aromatic carbocycles. The van der Waals surface area contributed by atoms with Crippen molar-refractivity contribution in [2.75, 3.05) is 19.6 Å². The van der Waals surface area contributed by atoms with Crippen molar-refractivity contribution in [1.82, 2.24) is 20.3 Å². The van der Waals surface area contributed by atoms with E-state index in [9.17, 15) is 14.4 Å². The molecule has 8 nitrogen and oxygen atoms in total. The summed E-state index contributed by atoms with van der Waals surface area (Å²) in [5.41, 5.74) is 1.12. The van der Waals surface area contributed by atoms with Gasteiger partial charge in [0.25, 0.3) is 5.91 Å². The molecule has 0 saturated carbocycles. The molecule has 4 amide bonds. The van der Waals surface area contributed by atoms with Crippen LogP contribution in [0.4, 0.5) is 4.79 Å². The lowest BCUT2D eigenvalue weighted by Crippen LogP contribution is -2.49. The number of nitrogens with zero attached hydrogens (tertiary/aromatic N) is 3. The van der Waals surface area contributed by atoms with E-state index in [1.165, 1.54) is 4.90 Å². The highest BCUT2D eigenvalue weighted by molar-refractivity contribution is 6.02. The summed E-state index contributed by atoms with van der Waals surface area (Å²) in [6, 6.07) is 10.6. The van der Waals surface area contributed by atoms with E-state index in [-0.39, 0.29) is 36.1 Å². The SMILES string of the molecule is O=C(c1cc(-c2ccccc2)on1)N1CCC(N2C(=O)CNC2=O)CC1. The normalized spacial score (nSPS) is 18.3. The number of likely N-dealkylation sites (tertiary alicyclic amines) is 1. The molecule has 0 aliphatic carbocycles. The smallest absolute Gasteiger partial charge is 0.324 e. The molecular weight excluding hydrogens is 336 g/mol. The Kier molecular flexibility index (Phi) is 4.16. The highest BCUT2D eigenvalue weighted by Crippen LogP contribution is 2.23. The Morgan fingerprint density at radius 3 is 2.54 bits per heavy atom. The topological polar surface area (TPSA) is 95.8 Å². The van der Waals surface area contributed by atoms with Crippen molar-refractivity contribution in [3.8, 4) is 11.3 Å². The average molecular weight is 354 g/mol. The third-order valence-electron chi connectivity index (χ3n) is 4.78. The lowest BCUT2D eigenvalue weighted by atomic mass is 10.0. The van der Waals surface area contributed by atoms with Gasteiger partial charge >= 0.3 is 6.03 Å². The summed E-state index contributed by atoms with van der Waals surface area (Å²) >= 11 is 0. The number of urea groups is 1. The minimum atomic E-state index is -0.344. The van der Waals surface area contributed by atoms with Gasteiger partial charge in [-0.05, 0) is 12.8 Å². The first-order chi connectivity index (χ1) is 12.6. The highest BCUT2D eigenvalue weighted by Gasteiger charge is 2.37. The number of hydrogen-bond donors (Lipinski definition) is 1. The molecule has 1 N–H and O–H groups in total. The zero-order chi connectivity index (χ0) is 18.1. The Morgan fingerprint density at radius 2 is 1.88 bits per heavy atom. The van der Waals surface area contributed by atoms with Crippen molar-refractivity contribution in [3.63, 3.8) is 0 Å². The van der Waals surface area contributed by atoms with Crippen LogP contribution in [0, 0.1) is 0 Å². The van der Waals surface area contributed by atoms with Crippen LogP contribution >= 0.6 is 0 Å². The van der Waals surface area contributed by atoms with Gasteiger partial charge in [0.2, 0.25) is 5.91 Å². The Balaban J connectivity index is 1.40.